The zero-order chi connectivity index (χ0) is 16.4. The molecular formula is C16H21ClN2O4. The van der Waals surface area contributed by atoms with E-state index in [0.29, 0.717) is 24.8 Å². The molecule has 7 heteroatoms. The maximum atomic E-state index is 10.9. The number of morpholine rings is 1. The highest BCUT2D eigenvalue weighted by molar-refractivity contribution is 6.33. The van der Waals surface area contributed by atoms with Gasteiger partial charge in [0.1, 0.15) is 0 Å². The monoisotopic (exact) mass is 340 g/mol. The Hall–Kier alpha value is -1.37. The molecule has 0 bridgehead atoms. The average molecular weight is 341 g/mol. The summed E-state index contributed by atoms with van der Waals surface area (Å²) in [6.45, 7) is 5.25. The van der Waals surface area contributed by atoms with Crippen molar-refractivity contribution in [2.45, 2.75) is 25.9 Å². The van der Waals surface area contributed by atoms with Gasteiger partial charge in [-0.25, -0.2) is 0 Å². The molecule has 1 atom stereocenters. The SMILES string of the molecule is Cc1cc([N+](=O)[O-])cc(Cl)c1N1CCOC(COCC2CC2)C1. The number of anilines is 1. The van der Waals surface area contributed by atoms with Gasteiger partial charge in [-0.1, -0.05) is 11.6 Å². The van der Waals surface area contributed by atoms with Crippen molar-refractivity contribution in [2.24, 2.45) is 5.92 Å². The van der Waals surface area contributed by atoms with Crippen molar-refractivity contribution in [2.75, 3.05) is 37.8 Å². The number of non-ortho nitro benzene ring substituents is 1. The first-order valence-electron chi connectivity index (χ1n) is 7.93. The summed E-state index contributed by atoms with van der Waals surface area (Å²) < 4.78 is 11.5. The van der Waals surface area contributed by atoms with E-state index in [-0.39, 0.29) is 11.8 Å². The summed E-state index contributed by atoms with van der Waals surface area (Å²) >= 11 is 6.30. The fourth-order valence-electron chi connectivity index (χ4n) is 2.90. The maximum Gasteiger partial charge on any atom is 0.271 e. The lowest BCUT2D eigenvalue weighted by atomic mass is 10.1. The minimum atomic E-state index is -0.420. The second-order valence-corrected chi connectivity index (χ2v) is 6.68. The van der Waals surface area contributed by atoms with Gasteiger partial charge < -0.3 is 14.4 Å². The van der Waals surface area contributed by atoms with Crippen LogP contribution in [0, 0.1) is 23.0 Å². The van der Waals surface area contributed by atoms with E-state index in [0.717, 1.165) is 30.3 Å². The van der Waals surface area contributed by atoms with E-state index in [1.165, 1.54) is 18.9 Å². The Balaban J connectivity index is 1.66. The van der Waals surface area contributed by atoms with Crippen LogP contribution in [0.4, 0.5) is 11.4 Å². The van der Waals surface area contributed by atoms with Gasteiger partial charge in [0.15, 0.2) is 0 Å². The molecule has 1 aliphatic heterocycles. The number of benzene rings is 1. The Morgan fingerprint density at radius 2 is 2.22 bits per heavy atom. The Kier molecular flexibility index (Phi) is 5.04. The van der Waals surface area contributed by atoms with Crippen molar-refractivity contribution in [3.8, 4) is 0 Å². The summed E-state index contributed by atoms with van der Waals surface area (Å²) in [4.78, 5) is 12.6. The first-order valence-corrected chi connectivity index (χ1v) is 8.31. The molecule has 1 heterocycles. The number of rotatable bonds is 6. The second-order valence-electron chi connectivity index (χ2n) is 6.27. The summed E-state index contributed by atoms with van der Waals surface area (Å²) in [5.41, 5.74) is 1.69. The van der Waals surface area contributed by atoms with Crippen LogP contribution in [0.15, 0.2) is 12.1 Å². The molecule has 0 radical (unpaired) electrons. The van der Waals surface area contributed by atoms with Gasteiger partial charge in [-0.15, -0.1) is 0 Å². The lowest BCUT2D eigenvalue weighted by molar-refractivity contribution is -0.384. The second kappa shape index (κ2) is 7.03. The number of ether oxygens (including phenoxy) is 2. The zero-order valence-electron chi connectivity index (χ0n) is 13.2. The minimum absolute atomic E-state index is 0.00755. The molecule has 0 spiro atoms. The molecule has 0 aromatic heterocycles. The van der Waals surface area contributed by atoms with Crippen molar-refractivity contribution >= 4 is 23.0 Å². The molecule has 0 N–H and O–H groups in total. The molecule has 1 unspecified atom stereocenters. The van der Waals surface area contributed by atoms with E-state index in [1.54, 1.807) is 6.07 Å². The number of hydrogen-bond donors (Lipinski definition) is 0. The number of halogens is 1. The fraction of sp³-hybridized carbons (Fsp3) is 0.625. The molecule has 23 heavy (non-hydrogen) atoms. The Bertz CT molecular complexity index is 568. The summed E-state index contributed by atoms with van der Waals surface area (Å²) in [6, 6.07) is 2.98. The summed E-state index contributed by atoms with van der Waals surface area (Å²) in [6.07, 6.45) is 2.55. The summed E-state index contributed by atoms with van der Waals surface area (Å²) in [7, 11) is 0. The molecular weight excluding hydrogens is 320 g/mol. The van der Waals surface area contributed by atoms with Gasteiger partial charge in [-0.05, 0) is 31.2 Å². The maximum absolute atomic E-state index is 10.9. The number of hydrogen-bond acceptors (Lipinski definition) is 5. The van der Waals surface area contributed by atoms with Crippen LogP contribution in [0.25, 0.3) is 0 Å². The largest absolute Gasteiger partial charge is 0.378 e. The van der Waals surface area contributed by atoms with Crippen molar-refractivity contribution in [3.63, 3.8) is 0 Å². The highest BCUT2D eigenvalue weighted by Crippen LogP contribution is 2.34. The van der Waals surface area contributed by atoms with Crippen LogP contribution in [0.2, 0.25) is 5.02 Å². The molecule has 1 saturated carbocycles. The van der Waals surface area contributed by atoms with Crippen LogP contribution in [-0.4, -0.2) is 43.9 Å². The third-order valence-corrected chi connectivity index (χ3v) is 4.55. The molecule has 1 aliphatic carbocycles. The van der Waals surface area contributed by atoms with Crippen molar-refractivity contribution < 1.29 is 14.4 Å². The Morgan fingerprint density at radius 3 is 2.87 bits per heavy atom. The molecule has 126 valence electrons. The smallest absolute Gasteiger partial charge is 0.271 e. The molecule has 2 aliphatic rings. The highest BCUT2D eigenvalue weighted by Gasteiger charge is 2.26. The first kappa shape index (κ1) is 16.5. The van der Waals surface area contributed by atoms with Gasteiger partial charge in [0.25, 0.3) is 5.69 Å². The molecule has 1 aromatic carbocycles. The minimum Gasteiger partial charge on any atom is -0.378 e. The summed E-state index contributed by atoms with van der Waals surface area (Å²) in [5.74, 6) is 0.737. The van der Waals surface area contributed by atoms with Crippen LogP contribution in [-0.2, 0) is 9.47 Å². The van der Waals surface area contributed by atoms with Gasteiger partial charge >= 0.3 is 0 Å². The number of nitro benzene ring substituents is 1. The van der Waals surface area contributed by atoms with Gasteiger partial charge in [0, 0.05) is 31.8 Å². The predicted molar refractivity (Wildman–Crippen MR) is 88.3 cm³/mol. The normalized spacial score (nSPS) is 21.5. The fourth-order valence-corrected chi connectivity index (χ4v) is 3.28. The third-order valence-electron chi connectivity index (χ3n) is 4.26. The Labute approximate surface area is 140 Å². The summed E-state index contributed by atoms with van der Waals surface area (Å²) in [5, 5.41) is 11.3. The molecule has 3 rings (SSSR count). The van der Waals surface area contributed by atoms with E-state index in [4.69, 9.17) is 21.1 Å². The first-order chi connectivity index (χ1) is 11.0. The average Bonchev–Trinajstić information content (AvgIpc) is 3.31. The van der Waals surface area contributed by atoms with Gasteiger partial charge in [0.2, 0.25) is 0 Å². The third kappa shape index (κ3) is 4.13. The van der Waals surface area contributed by atoms with Crippen LogP contribution in [0.1, 0.15) is 18.4 Å². The number of nitrogens with zero attached hydrogens (tertiary/aromatic N) is 2. The van der Waals surface area contributed by atoms with Crippen LogP contribution >= 0.6 is 11.6 Å². The number of aryl methyl sites for hydroxylation is 1. The van der Waals surface area contributed by atoms with E-state index in [1.807, 2.05) is 6.92 Å². The van der Waals surface area contributed by atoms with E-state index >= 15 is 0 Å². The topological polar surface area (TPSA) is 64.8 Å². The van der Waals surface area contributed by atoms with Crippen LogP contribution in [0.3, 0.4) is 0 Å². The van der Waals surface area contributed by atoms with Crippen LogP contribution in [0.5, 0.6) is 0 Å². The van der Waals surface area contributed by atoms with E-state index in [9.17, 15) is 10.1 Å². The molecule has 6 nitrogen and oxygen atoms in total. The Morgan fingerprint density at radius 1 is 1.43 bits per heavy atom. The number of nitro groups is 1. The lowest BCUT2D eigenvalue weighted by Crippen LogP contribution is -2.45. The standard InChI is InChI=1S/C16H21ClN2O4/c1-11-6-13(19(20)21)7-15(17)16(11)18-4-5-23-14(8-18)10-22-9-12-2-3-12/h6-7,12,14H,2-5,8-10H2,1H3. The van der Waals surface area contributed by atoms with Crippen molar-refractivity contribution in [1.82, 2.24) is 0 Å². The zero-order valence-corrected chi connectivity index (χ0v) is 13.9. The van der Waals surface area contributed by atoms with E-state index in [2.05, 4.69) is 4.90 Å². The molecule has 0 amide bonds. The van der Waals surface area contributed by atoms with Crippen molar-refractivity contribution in [1.29, 1.82) is 0 Å². The van der Waals surface area contributed by atoms with E-state index < -0.39 is 4.92 Å². The molecule has 2 fully saturated rings. The van der Waals surface area contributed by atoms with Gasteiger partial charge in [0.05, 0.1) is 35.0 Å². The highest BCUT2D eigenvalue weighted by atomic mass is 35.5. The quantitative estimate of drug-likeness (QED) is 0.587. The van der Waals surface area contributed by atoms with Crippen LogP contribution < -0.4 is 4.90 Å². The lowest BCUT2D eigenvalue weighted by Gasteiger charge is -2.35. The molecule has 1 saturated heterocycles. The van der Waals surface area contributed by atoms with Gasteiger partial charge in [-0.2, -0.15) is 0 Å². The molecule has 1 aromatic rings. The van der Waals surface area contributed by atoms with Crippen molar-refractivity contribution in [3.05, 3.63) is 32.8 Å². The van der Waals surface area contributed by atoms with Gasteiger partial charge in [-0.3, -0.25) is 10.1 Å². The predicted octanol–water partition coefficient (Wildman–Crippen LogP) is 3.19.